The Balaban J connectivity index is 1.82. The van der Waals surface area contributed by atoms with Crippen LogP contribution in [0.2, 0.25) is 0 Å². The second-order valence-electron chi connectivity index (χ2n) is 7.25. The molecule has 118 valence electrons. The molecule has 0 unspecified atom stereocenters. The van der Waals surface area contributed by atoms with Crippen molar-refractivity contribution in [3.8, 4) is 0 Å². The number of aryl methyl sites for hydroxylation is 1. The van der Waals surface area contributed by atoms with Gasteiger partial charge in [-0.15, -0.1) is 0 Å². The highest BCUT2D eigenvalue weighted by Gasteiger charge is 2.51. The molecular weight excluding hydrogens is 289 g/mol. The summed E-state index contributed by atoms with van der Waals surface area (Å²) in [6.07, 6.45) is 0. The second-order valence-corrected chi connectivity index (χ2v) is 7.25. The van der Waals surface area contributed by atoms with Gasteiger partial charge in [0.25, 0.3) is 0 Å². The summed E-state index contributed by atoms with van der Waals surface area (Å²) in [7, 11) is -0.368. The van der Waals surface area contributed by atoms with Crippen LogP contribution in [0.25, 0.3) is 22.1 Å². The molecule has 4 nitrogen and oxygen atoms in total. The van der Waals surface area contributed by atoms with E-state index in [4.69, 9.17) is 13.7 Å². The molecule has 0 bridgehead atoms. The summed E-state index contributed by atoms with van der Waals surface area (Å²) in [5, 5.41) is 2.06. The number of rotatable bonds is 1. The Morgan fingerprint density at radius 1 is 0.913 bits per heavy atom. The molecule has 1 fully saturated rings. The third kappa shape index (κ3) is 2.18. The van der Waals surface area contributed by atoms with Crippen molar-refractivity contribution < 1.29 is 13.7 Å². The highest BCUT2D eigenvalue weighted by molar-refractivity contribution is 6.62. The lowest BCUT2D eigenvalue weighted by atomic mass is 9.78. The minimum atomic E-state index is -0.368. The third-order valence-corrected chi connectivity index (χ3v) is 5.03. The van der Waals surface area contributed by atoms with Crippen molar-refractivity contribution in [2.45, 2.75) is 45.8 Å². The smallest absolute Gasteiger partial charge is 0.438 e. The first-order valence-electron chi connectivity index (χ1n) is 7.92. The number of benzene rings is 1. The molecular formula is C18H20BNO3. The molecule has 1 aromatic carbocycles. The average molecular weight is 309 g/mol. The first-order valence-corrected chi connectivity index (χ1v) is 7.92. The second kappa shape index (κ2) is 4.59. The van der Waals surface area contributed by atoms with Gasteiger partial charge in [0.2, 0.25) is 5.71 Å². The zero-order valence-electron chi connectivity index (χ0n) is 14.1. The number of nitrogens with zero attached hydrogens (tertiary/aromatic N) is 1. The maximum Gasteiger partial charge on any atom is 0.494 e. The molecule has 3 aromatic rings. The fraction of sp³-hybridized carbons (Fsp3) is 0.389. The lowest BCUT2D eigenvalue weighted by Gasteiger charge is -2.32. The number of fused-ring (bicyclic) bond motifs is 3. The van der Waals surface area contributed by atoms with Gasteiger partial charge in [-0.1, -0.05) is 12.1 Å². The van der Waals surface area contributed by atoms with Crippen LogP contribution < -0.4 is 5.46 Å². The largest absolute Gasteiger partial charge is 0.494 e. The average Bonchev–Trinajstić information content (AvgIpc) is 2.91. The molecule has 0 saturated carbocycles. The van der Waals surface area contributed by atoms with Gasteiger partial charge in [0.05, 0.1) is 11.2 Å². The third-order valence-electron chi connectivity index (χ3n) is 5.03. The van der Waals surface area contributed by atoms with Gasteiger partial charge in [-0.3, -0.25) is 0 Å². The molecule has 3 heterocycles. The molecule has 23 heavy (non-hydrogen) atoms. The molecule has 0 aliphatic carbocycles. The molecule has 0 spiro atoms. The highest BCUT2D eigenvalue weighted by Crippen LogP contribution is 2.37. The van der Waals surface area contributed by atoms with E-state index >= 15 is 0 Å². The van der Waals surface area contributed by atoms with E-state index in [1.54, 1.807) is 0 Å². The number of furan rings is 1. The monoisotopic (exact) mass is 309 g/mol. The molecule has 1 saturated heterocycles. The SMILES string of the molecule is Cc1ccc2c(n1)oc1ccc(B3OC(C)(C)C(C)(C)O3)cc12. The first kappa shape index (κ1) is 14.7. The number of aromatic nitrogens is 1. The van der Waals surface area contributed by atoms with Crippen molar-refractivity contribution in [1.82, 2.24) is 4.98 Å². The molecule has 4 rings (SSSR count). The zero-order valence-corrected chi connectivity index (χ0v) is 14.1. The topological polar surface area (TPSA) is 44.5 Å². The summed E-state index contributed by atoms with van der Waals surface area (Å²) < 4.78 is 18.1. The van der Waals surface area contributed by atoms with Gasteiger partial charge in [0.15, 0.2) is 0 Å². The predicted octanol–water partition coefficient (Wildman–Crippen LogP) is 3.59. The van der Waals surface area contributed by atoms with E-state index in [0.717, 1.165) is 27.5 Å². The van der Waals surface area contributed by atoms with E-state index in [9.17, 15) is 0 Å². The van der Waals surface area contributed by atoms with Crippen LogP contribution >= 0.6 is 0 Å². The van der Waals surface area contributed by atoms with E-state index in [2.05, 4.69) is 44.8 Å². The Bertz CT molecular complexity index is 897. The van der Waals surface area contributed by atoms with Gasteiger partial charge in [0, 0.05) is 16.5 Å². The van der Waals surface area contributed by atoms with Crippen LogP contribution in [0.1, 0.15) is 33.4 Å². The summed E-state index contributed by atoms with van der Waals surface area (Å²) >= 11 is 0. The first-order chi connectivity index (χ1) is 10.8. The fourth-order valence-electron chi connectivity index (χ4n) is 2.89. The summed E-state index contributed by atoms with van der Waals surface area (Å²) in [6, 6.07) is 10.1. The number of hydrogen-bond donors (Lipinski definition) is 0. The van der Waals surface area contributed by atoms with Crippen molar-refractivity contribution in [2.24, 2.45) is 0 Å². The molecule has 2 aromatic heterocycles. The van der Waals surface area contributed by atoms with Gasteiger partial charge in [-0.05, 0) is 58.3 Å². The minimum absolute atomic E-state index is 0.343. The predicted molar refractivity (Wildman–Crippen MR) is 92.0 cm³/mol. The highest BCUT2D eigenvalue weighted by atomic mass is 16.7. The zero-order chi connectivity index (χ0) is 16.4. The van der Waals surface area contributed by atoms with Gasteiger partial charge in [0.1, 0.15) is 5.58 Å². The van der Waals surface area contributed by atoms with E-state index in [0.29, 0.717) is 5.71 Å². The maximum atomic E-state index is 6.14. The molecule has 1 aliphatic heterocycles. The Labute approximate surface area is 135 Å². The van der Waals surface area contributed by atoms with Crippen molar-refractivity contribution in [2.75, 3.05) is 0 Å². The summed E-state index contributed by atoms with van der Waals surface area (Å²) in [4.78, 5) is 4.46. The maximum absolute atomic E-state index is 6.14. The fourth-order valence-corrected chi connectivity index (χ4v) is 2.89. The standard InChI is InChI=1S/C18H20BNO3/c1-11-6-8-13-14-10-12(7-9-15(14)21-16(13)20-11)19-22-17(2,3)18(4,5)23-19/h6-10H,1-5H3. The molecule has 0 atom stereocenters. The van der Waals surface area contributed by atoms with E-state index in [-0.39, 0.29) is 18.3 Å². The molecule has 0 amide bonds. The van der Waals surface area contributed by atoms with Gasteiger partial charge in [-0.25, -0.2) is 4.98 Å². The lowest BCUT2D eigenvalue weighted by molar-refractivity contribution is 0.00578. The molecule has 1 aliphatic rings. The molecule has 0 radical (unpaired) electrons. The van der Waals surface area contributed by atoms with Crippen LogP contribution in [0.3, 0.4) is 0 Å². The van der Waals surface area contributed by atoms with Crippen LogP contribution in [-0.2, 0) is 9.31 Å². The van der Waals surface area contributed by atoms with E-state index in [1.165, 1.54) is 0 Å². The Kier molecular flexibility index (Phi) is 2.94. The van der Waals surface area contributed by atoms with Crippen molar-refractivity contribution in [1.29, 1.82) is 0 Å². The minimum Gasteiger partial charge on any atom is -0.438 e. The van der Waals surface area contributed by atoms with Gasteiger partial charge < -0.3 is 13.7 Å². The number of hydrogen-bond acceptors (Lipinski definition) is 4. The Morgan fingerprint density at radius 2 is 1.61 bits per heavy atom. The number of pyridine rings is 1. The molecule has 5 heteroatoms. The lowest BCUT2D eigenvalue weighted by Crippen LogP contribution is -2.41. The van der Waals surface area contributed by atoms with Gasteiger partial charge in [-0.2, -0.15) is 0 Å². The van der Waals surface area contributed by atoms with Crippen molar-refractivity contribution >= 4 is 34.7 Å². The van der Waals surface area contributed by atoms with Crippen molar-refractivity contribution in [3.05, 3.63) is 36.0 Å². The van der Waals surface area contributed by atoms with Crippen molar-refractivity contribution in [3.63, 3.8) is 0 Å². The normalized spacial score (nSPS) is 19.8. The molecule has 0 N–H and O–H groups in total. The van der Waals surface area contributed by atoms with Crippen LogP contribution in [0, 0.1) is 6.92 Å². The van der Waals surface area contributed by atoms with E-state index < -0.39 is 0 Å². The van der Waals surface area contributed by atoms with Crippen LogP contribution in [-0.4, -0.2) is 23.3 Å². The Morgan fingerprint density at radius 3 is 2.30 bits per heavy atom. The van der Waals surface area contributed by atoms with Gasteiger partial charge >= 0.3 is 7.12 Å². The summed E-state index contributed by atoms with van der Waals surface area (Å²) in [6.45, 7) is 10.2. The quantitative estimate of drug-likeness (QED) is 0.644. The van der Waals surface area contributed by atoms with Crippen LogP contribution in [0.15, 0.2) is 34.7 Å². The Hall–Kier alpha value is -1.85. The van der Waals surface area contributed by atoms with Crippen LogP contribution in [0.5, 0.6) is 0 Å². The summed E-state index contributed by atoms with van der Waals surface area (Å²) in [5.74, 6) is 0. The summed E-state index contributed by atoms with van der Waals surface area (Å²) in [5.41, 5.74) is 2.76. The van der Waals surface area contributed by atoms with Crippen LogP contribution in [0.4, 0.5) is 0 Å². The van der Waals surface area contributed by atoms with E-state index in [1.807, 2.05) is 25.1 Å².